The number of nitrogens with one attached hydrogen (secondary N) is 1. The molecule has 0 saturated carbocycles. The molecule has 22 heavy (non-hydrogen) atoms. The fourth-order valence-electron chi connectivity index (χ4n) is 2.03. The van der Waals surface area contributed by atoms with Crippen LogP contribution in [0.2, 0.25) is 0 Å². The molecule has 0 atom stereocenters. The monoisotopic (exact) mass is 333 g/mol. The van der Waals surface area contributed by atoms with Crippen LogP contribution in [0.15, 0.2) is 17.6 Å². The number of carbonyl (C=O) groups excluding carboxylic acids is 1. The van der Waals surface area contributed by atoms with Crippen LogP contribution in [0.1, 0.15) is 27.4 Å². The Labute approximate surface area is 135 Å². The lowest BCUT2D eigenvalue weighted by Gasteiger charge is -2.01. The molecular formula is C14H15N5OS2. The lowest BCUT2D eigenvalue weighted by atomic mass is 10.2. The highest BCUT2D eigenvalue weighted by Gasteiger charge is 2.15. The maximum absolute atomic E-state index is 12.4. The lowest BCUT2D eigenvalue weighted by molar-refractivity contribution is 0.101. The highest BCUT2D eigenvalue weighted by molar-refractivity contribution is 7.15. The van der Waals surface area contributed by atoms with Gasteiger partial charge in [0.15, 0.2) is 0 Å². The number of aromatic nitrogens is 4. The molecule has 6 nitrogen and oxygen atoms in total. The van der Waals surface area contributed by atoms with Crippen molar-refractivity contribution in [2.75, 3.05) is 5.32 Å². The van der Waals surface area contributed by atoms with Crippen molar-refractivity contribution in [3.05, 3.63) is 33.4 Å². The van der Waals surface area contributed by atoms with Crippen LogP contribution in [0.25, 0.3) is 11.3 Å². The van der Waals surface area contributed by atoms with Crippen molar-refractivity contribution in [2.45, 2.75) is 20.3 Å². The summed E-state index contributed by atoms with van der Waals surface area (Å²) < 4.78 is 1.79. The molecule has 0 aliphatic heterocycles. The zero-order valence-electron chi connectivity index (χ0n) is 12.5. The smallest absolute Gasteiger partial charge is 0.274 e. The largest absolute Gasteiger partial charge is 0.346 e. The summed E-state index contributed by atoms with van der Waals surface area (Å²) in [7, 11) is 1.84. The highest BCUT2D eigenvalue weighted by atomic mass is 32.1. The normalized spacial score (nSPS) is 10.9. The van der Waals surface area contributed by atoms with Gasteiger partial charge in [0.05, 0.1) is 10.7 Å². The van der Waals surface area contributed by atoms with E-state index < -0.39 is 0 Å². The third-order valence-electron chi connectivity index (χ3n) is 3.14. The van der Waals surface area contributed by atoms with E-state index in [2.05, 4.69) is 20.5 Å². The van der Waals surface area contributed by atoms with Gasteiger partial charge in [-0.2, -0.15) is 0 Å². The number of carbonyl (C=O) groups is 1. The summed E-state index contributed by atoms with van der Waals surface area (Å²) in [5.41, 5.74) is 2.39. The molecule has 0 aliphatic rings. The third-order valence-corrected chi connectivity index (χ3v) is 4.90. The van der Waals surface area contributed by atoms with E-state index in [0.717, 1.165) is 27.7 Å². The van der Waals surface area contributed by atoms with Crippen LogP contribution in [-0.4, -0.2) is 25.7 Å². The number of anilines is 1. The Kier molecular flexibility index (Phi) is 4.04. The Morgan fingerprint density at radius 2 is 2.23 bits per heavy atom. The number of amides is 1. The standard InChI is InChI=1S/C14H15N5OS2/c1-4-12-17-18-14(22-12)16-13(20)11-5-9(6-19(11)3)10-7-21-8(2)15-10/h5-7H,4H2,1-3H3,(H,16,18,20). The number of rotatable bonds is 4. The molecule has 3 aromatic rings. The van der Waals surface area contributed by atoms with Crippen LogP contribution in [-0.2, 0) is 13.5 Å². The Morgan fingerprint density at radius 1 is 1.41 bits per heavy atom. The highest BCUT2D eigenvalue weighted by Crippen LogP contribution is 2.24. The first-order valence-corrected chi connectivity index (χ1v) is 8.49. The summed E-state index contributed by atoms with van der Waals surface area (Å²) >= 11 is 2.99. The second kappa shape index (κ2) is 5.98. The maximum Gasteiger partial charge on any atom is 0.274 e. The molecule has 0 bridgehead atoms. The molecule has 0 spiro atoms. The molecule has 3 rings (SSSR count). The maximum atomic E-state index is 12.4. The van der Waals surface area contributed by atoms with Crippen LogP contribution in [0.5, 0.6) is 0 Å². The van der Waals surface area contributed by atoms with E-state index in [1.165, 1.54) is 11.3 Å². The quantitative estimate of drug-likeness (QED) is 0.796. The number of hydrogen-bond acceptors (Lipinski definition) is 6. The Bertz CT molecular complexity index is 817. The number of hydrogen-bond donors (Lipinski definition) is 1. The fourth-order valence-corrected chi connectivity index (χ4v) is 3.33. The minimum atomic E-state index is -0.195. The van der Waals surface area contributed by atoms with Gasteiger partial charge in [-0.1, -0.05) is 18.3 Å². The zero-order valence-corrected chi connectivity index (χ0v) is 14.1. The van der Waals surface area contributed by atoms with E-state index in [1.807, 2.05) is 38.5 Å². The zero-order chi connectivity index (χ0) is 15.7. The van der Waals surface area contributed by atoms with Gasteiger partial charge in [-0.25, -0.2) is 4.98 Å². The van der Waals surface area contributed by atoms with Gasteiger partial charge in [-0.3, -0.25) is 10.1 Å². The third kappa shape index (κ3) is 2.93. The van der Waals surface area contributed by atoms with E-state index in [1.54, 1.807) is 15.9 Å². The van der Waals surface area contributed by atoms with Crippen molar-refractivity contribution in [1.82, 2.24) is 19.7 Å². The summed E-state index contributed by atoms with van der Waals surface area (Å²) in [6.07, 6.45) is 2.71. The molecule has 0 aromatic carbocycles. The minimum Gasteiger partial charge on any atom is -0.346 e. The summed E-state index contributed by atoms with van der Waals surface area (Å²) in [6.45, 7) is 3.97. The first-order chi connectivity index (χ1) is 10.6. The van der Waals surface area contributed by atoms with Crippen LogP contribution < -0.4 is 5.32 Å². The molecule has 3 heterocycles. The van der Waals surface area contributed by atoms with E-state index in [-0.39, 0.29) is 5.91 Å². The van der Waals surface area contributed by atoms with Crippen molar-refractivity contribution in [3.63, 3.8) is 0 Å². The van der Waals surface area contributed by atoms with E-state index in [4.69, 9.17) is 0 Å². The molecule has 0 radical (unpaired) electrons. The van der Waals surface area contributed by atoms with Crippen LogP contribution in [0.3, 0.4) is 0 Å². The predicted molar refractivity (Wildman–Crippen MR) is 88.5 cm³/mol. The van der Waals surface area contributed by atoms with Gasteiger partial charge in [0.1, 0.15) is 10.7 Å². The van der Waals surface area contributed by atoms with Gasteiger partial charge in [0.25, 0.3) is 5.91 Å². The van der Waals surface area contributed by atoms with Crippen molar-refractivity contribution in [1.29, 1.82) is 0 Å². The Morgan fingerprint density at radius 3 is 2.86 bits per heavy atom. The number of thiazole rings is 1. The molecule has 0 saturated heterocycles. The predicted octanol–water partition coefficient (Wildman–Crippen LogP) is 3.12. The van der Waals surface area contributed by atoms with Gasteiger partial charge in [-0.05, 0) is 19.4 Å². The molecule has 0 unspecified atom stereocenters. The van der Waals surface area contributed by atoms with Gasteiger partial charge in [0, 0.05) is 24.2 Å². The van der Waals surface area contributed by atoms with Crippen molar-refractivity contribution in [2.24, 2.45) is 7.05 Å². The van der Waals surface area contributed by atoms with Crippen molar-refractivity contribution < 1.29 is 4.79 Å². The van der Waals surface area contributed by atoms with Gasteiger partial charge in [-0.15, -0.1) is 21.5 Å². The molecule has 8 heteroatoms. The van der Waals surface area contributed by atoms with E-state index >= 15 is 0 Å². The summed E-state index contributed by atoms with van der Waals surface area (Å²) in [5, 5.41) is 15.2. The molecule has 1 N–H and O–H groups in total. The van der Waals surface area contributed by atoms with Crippen molar-refractivity contribution in [3.8, 4) is 11.3 Å². The van der Waals surface area contributed by atoms with E-state index in [9.17, 15) is 4.79 Å². The average Bonchev–Trinajstić information content (AvgIpc) is 3.18. The molecule has 3 aromatic heterocycles. The van der Waals surface area contributed by atoms with Crippen LogP contribution in [0, 0.1) is 6.92 Å². The minimum absolute atomic E-state index is 0.195. The molecular weight excluding hydrogens is 318 g/mol. The Hall–Kier alpha value is -2.06. The fraction of sp³-hybridized carbons (Fsp3) is 0.286. The molecule has 0 aliphatic carbocycles. The molecule has 1 amide bonds. The Balaban J connectivity index is 1.82. The first-order valence-electron chi connectivity index (χ1n) is 6.79. The topological polar surface area (TPSA) is 72.7 Å². The summed E-state index contributed by atoms with van der Waals surface area (Å²) in [5.74, 6) is -0.195. The van der Waals surface area contributed by atoms with Gasteiger partial charge >= 0.3 is 0 Å². The molecule has 114 valence electrons. The van der Waals surface area contributed by atoms with Gasteiger partial charge in [0.2, 0.25) is 5.13 Å². The average molecular weight is 333 g/mol. The summed E-state index contributed by atoms with van der Waals surface area (Å²) in [6, 6.07) is 1.84. The first kappa shape index (κ1) is 14.9. The lowest BCUT2D eigenvalue weighted by Crippen LogP contribution is -2.15. The molecule has 0 fully saturated rings. The SMILES string of the molecule is CCc1nnc(NC(=O)c2cc(-c3csc(C)n3)cn2C)s1. The number of aryl methyl sites for hydroxylation is 3. The summed E-state index contributed by atoms with van der Waals surface area (Å²) in [4.78, 5) is 16.8. The number of nitrogens with zero attached hydrogens (tertiary/aromatic N) is 4. The van der Waals surface area contributed by atoms with Crippen molar-refractivity contribution >= 4 is 33.7 Å². The second-order valence-electron chi connectivity index (χ2n) is 4.79. The van der Waals surface area contributed by atoms with E-state index in [0.29, 0.717) is 10.8 Å². The van der Waals surface area contributed by atoms with Gasteiger partial charge < -0.3 is 4.57 Å². The second-order valence-corrected chi connectivity index (χ2v) is 6.91. The van der Waals surface area contributed by atoms with Crippen LogP contribution >= 0.6 is 22.7 Å². The van der Waals surface area contributed by atoms with Crippen LogP contribution in [0.4, 0.5) is 5.13 Å².